The van der Waals surface area contributed by atoms with E-state index in [1.165, 1.54) is 6.07 Å². The molecule has 4 rings (SSSR count). The Labute approximate surface area is 145 Å². The predicted molar refractivity (Wildman–Crippen MR) is 93.4 cm³/mol. The molecule has 0 fully saturated rings. The highest BCUT2D eigenvalue weighted by Gasteiger charge is 2.31. The zero-order valence-electron chi connectivity index (χ0n) is 12.6. The van der Waals surface area contributed by atoms with Gasteiger partial charge in [0, 0.05) is 33.2 Å². The van der Waals surface area contributed by atoms with Crippen molar-refractivity contribution in [3.05, 3.63) is 57.4 Å². The Morgan fingerprint density at radius 3 is 2.83 bits per heavy atom. The Balaban J connectivity index is 1.87. The Morgan fingerprint density at radius 1 is 1.25 bits per heavy atom. The van der Waals surface area contributed by atoms with Crippen LogP contribution in [0.2, 0.25) is 0 Å². The Hall–Kier alpha value is -2.73. The molecule has 3 N–H and O–H groups in total. The largest absolute Gasteiger partial charge is 0.508 e. The Kier molecular flexibility index (Phi) is 3.18. The summed E-state index contributed by atoms with van der Waals surface area (Å²) >= 11 is 3.50. The summed E-state index contributed by atoms with van der Waals surface area (Å²) in [4.78, 5) is 15.8. The molecule has 5 nitrogen and oxygen atoms in total. The second kappa shape index (κ2) is 5.14. The SMILES string of the molecule is Cc1[nH]c2c(Br)cccc2c1/C=C1/Oc2cc(O)cc(O)c2C1=O. The van der Waals surface area contributed by atoms with Crippen LogP contribution in [0.5, 0.6) is 17.2 Å². The summed E-state index contributed by atoms with van der Waals surface area (Å²) < 4.78 is 6.48. The maximum absolute atomic E-state index is 12.5. The molecular weight excluding hydrogens is 374 g/mol. The first-order valence-electron chi connectivity index (χ1n) is 7.22. The molecule has 0 radical (unpaired) electrons. The van der Waals surface area contributed by atoms with Crippen molar-refractivity contribution in [3.8, 4) is 17.2 Å². The Morgan fingerprint density at radius 2 is 2.04 bits per heavy atom. The number of rotatable bonds is 1. The smallest absolute Gasteiger partial charge is 0.235 e. The molecule has 1 aliphatic heterocycles. The van der Waals surface area contributed by atoms with Crippen LogP contribution < -0.4 is 4.74 Å². The van der Waals surface area contributed by atoms with Gasteiger partial charge < -0.3 is 19.9 Å². The quantitative estimate of drug-likeness (QED) is 0.546. The van der Waals surface area contributed by atoms with Gasteiger partial charge in [0.1, 0.15) is 22.8 Å². The highest BCUT2D eigenvalue weighted by molar-refractivity contribution is 9.10. The van der Waals surface area contributed by atoms with Gasteiger partial charge in [0.05, 0.1) is 5.52 Å². The number of aromatic hydroxyl groups is 2. The van der Waals surface area contributed by atoms with Gasteiger partial charge in [-0.2, -0.15) is 0 Å². The first-order valence-corrected chi connectivity index (χ1v) is 8.02. The van der Waals surface area contributed by atoms with Crippen molar-refractivity contribution in [3.63, 3.8) is 0 Å². The highest BCUT2D eigenvalue weighted by atomic mass is 79.9. The normalized spacial score (nSPS) is 15.1. The lowest BCUT2D eigenvalue weighted by molar-refractivity contribution is 0.101. The standard InChI is InChI=1S/C18H12BrNO4/c1-8-11(10-3-2-4-12(19)17(10)20-8)7-15-18(23)16-13(22)5-9(21)6-14(16)24-15/h2-7,20-22H,1H3/b15-7+. The minimum Gasteiger partial charge on any atom is -0.508 e. The molecule has 0 spiro atoms. The number of phenols is 2. The van der Waals surface area contributed by atoms with Crippen molar-refractivity contribution in [2.75, 3.05) is 0 Å². The third kappa shape index (κ3) is 2.11. The van der Waals surface area contributed by atoms with E-state index in [-0.39, 0.29) is 28.6 Å². The van der Waals surface area contributed by atoms with E-state index >= 15 is 0 Å². The van der Waals surface area contributed by atoms with Gasteiger partial charge in [-0.3, -0.25) is 4.79 Å². The number of Topliss-reactive ketones (excluding diaryl/α,β-unsaturated/α-hetero) is 1. The number of carbonyl (C=O) groups is 1. The van der Waals surface area contributed by atoms with Crippen molar-refractivity contribution in [2.24, 2.45) is 0 Å². The lowest BCUT2D eigenvalue weighted by Gasteiger charge is -2.00. The third-order valence-corrected chi connectivity index (χ3v) is 4.69. The fourth-order valence-corrected chi connectivity index (χ4v) is 3.39. The van der Waals surface area contributed by atoms with E-state index in [9.17, 15) is 15.0 Å². The van der Waals surface area contributed by atoms with Crippen LogP contribution in [0.4, 0.5) is 0 Å². The molecule has 0 bridgehead atoms. The molecule has 3 aromatic rings. The number of benzene rings is 2. The van der Waals surface area contributed by atoms with Crippen LogP contribution in [-0.4, -0.2) is 21.0 Å². The molecule has 1 aromatic heterocycles. The summed E-state index contributed by atoms with van der Waals surface area (Å²) in [6, 6.07) is 8.23. The van der Waals surface area contributed by atoms with E-state index in [4.69, 9.17) is 4.74 Å². The van der Waals surface area contributed by atoms with Crippen LogP contribution in [-0.2, 0) is 0 Å². The molecule has 120 valence electrons. The molecule has 1 aliphatic rings. The number of aromatic amines is 1. The molecule has 6 heteroatoms. The van der Waals surface area contributed by atoms with E-state index in [0.29, 0.717) is 0 Å². The molecule has 0 saturated heterocycles. The van der Waals surface area contributed by atoms with Gasteiger partial charge in [0.15, 0.2) is 5.76 Å². The third-order valence-electron chi connectivity index (χ3n) is 4.03. The number of aryl methyl sites for hydroxylation is 1. The minimum absolute atomic E-state index is 0.0673. The average molecular weight is 386 g/mol. The summed E-state index contributed by atoms with van der Waals surface area (Å²) in [5.41, 5.74) is 2.73. The van der Waals surface area contributed by atoms with Gasteiger partial charge in [-0.15, -0.1) is 0 Å². The maximum atomic E-state index is 12.5. The predicted octanol–water partition coefficient (Wildman–Crippen LogP) is 4.27. The summed E-state index contributed by atoms with van der Waals surface area (Å²) in [6.07, 6.45) is 1.65. The Bertz CT molecular complexity index is 1050. The fraction of sp³-hybridized carbons (Fsp3) is 0.0556. The molecular formula is C18H12BrNO4. The van der Waals surface area contributed by atoms with Crippen LogP contribution in [0, 0.1) is 6.92 Å². The number of H-pyrrole nitrogens is 1. The number of hydrogen-bond acceptors (Lipinski definition) is 4. The highest BCUT2D eigenvalue weighted by Crippen LogP contribution is 2.41. The molecule has 0 atom stereocenters. The van der Waals surface area contributed by atoms with E-state index < -0.39 is 5.78 Å². The molecule has 2 aromatic carbocycles. The van der Waals surface area contributed by atoms with Crippen LogP contribution in [0.25, 0.3) is 17.0 Å². The number of carbonyl (C=O) groups excluding carboxylic acids is 1. The van der Waals surface area contributed by atoms with E-state index in [1.54, 1.807) is 6.08 Å². The molecule has 0 unspecified atom stereocenters. The lowest BCUT2D eigenvalue weighted by atomic mass is 10.1. The molecule has 2 heterocycles. The van der Waals surface area contributed by atoms with Crippen molar-refractivity contribution in [1.82, 2.24) is 4.98 Å². The van der Waals surface area contributed by atoms with Crippen molar-refractivity contribution in [1.29, 1.82) is 0 Å². The minimum atomic E-state index is -0.411. The van der Waals surface area contributed by atoms with Crippen molar-refractivity contribution >= 4 is 38.7 Å². The van der Waals surface area contributed by atoms with Gasteiger partial charge in [-0.1, -0.05) is 12.1 Å². The maximum Gasteiger partial charge on any atom is 0.235 e. The number of fused-ring (bicyclic) bond motifs is 2. The van der Waals surface area contributed by atoms with E-state index in [0.717, 1.165) is 32.7 Å². The van der Waals surface area contributed by atoms with E-state index in [2.05, 4.69) is 20.9 Å². The first kappa shape index (κ1) is 14.8. The van der Waals surface area contributed by atoms with Gasteiger partial charge in [-0.05, 0) is 35.0 Å². The number of phenolic OH excluding ortho intramolecular Hbond substituents is 2. The average Bonchev–Trinajstić information content (AvgIpc) is 2.99. The van der Waals surface area contributed by atoms with Gasteiger partial charge in [0.25, 0.3) is 0 Å². The number of ketones is 1. The number of para-hydroxylation sites is 1. The molecule has 0 amide bonds. The zero-order chi connectivity index (χ0) is 17.0. The number of nitrogens with one attached hydrogen (secondary N) is 1. The first-order chi connectivity index (χ1) is 11.5. The zero-order valence-corrected chi connectivity index (χ0v) is 14.1. The van der Waals surface area contributed by atoms with Gasteiger partial charge in [0.2, 0.25) is 5.78 Å². The van der Waals surface area contributed by atoms with Crippen LogP contribution in [0.15, 0.2) is 40.6 Å². The van der Waals surface area contributed by atoms with Crippen LogP contribution in [0.1, 0.15) is 21.6 Å². The van der Waals surface area contributed by atoms with Gasteiger partial charge >= 0.3 is 0 Å². The van der Waals surface area contributed by atoms with E-state index in [1.807, 2.05) is 25.1 Å². The van der Waals surface area contributed by atoms with Crippen LogP contribution in [0.3, 0.4) is 0 Å². The van der Waals surface area contributed by atoms with Crippen molar-refractivity contribution in [2.45, 2.75) is 6.92 Å². The second-order valence-electron chi connectivity index (χ2n) is 5.60. The summed E-state index contributed by atoms with van der Waals surface area (Å²) in [6.45, 7) is 1.91. The summed E-state index contributed by atoms with van der Waals surface area (Å²) in [7, 11) is 0. The van der Waals surface area contributed by atoms with Gasteiger partial charge in [-0.25, -0.2) is 0 Å². The fourth-order valence-electron chi connectivity index (χ4n) is 2.93. The van der Waals surface area contributed by atoms with Crippen molar-refractivity contribution < 1.29 is 19.7 Å². The molecule has 0 aliphatic carbocycles. The number of hydrogen-bond donors (Lipinski definition) is 3. The number of ether oxygens (including phenoxy) is 1. The summed E-state index contributed by atoms with van der Waals surface area (Å²) in [5, 5.41) is 20.4. The number of allylic oxidation sites excluding steroid dienone is 1. The second-order valence-corrected chi connectivity index (χ2v) is 6.46. The molecule has 0 saturated carbocycles. The lowest BCUT2D eigenvalue weighted by Crippen LogP contribution is -1.98. The van der Waals surface area contributed by atoms with Crippen LogP contribution >= 0.6 is 15.9 Å². The molecule has 24 heavy (non-hydrogen) atoms. The number of halogens is 1. The number of aromatic nitrogens is 1. The summed E-state index contributed by atoms with van der Waals surface area (Å²) in [5.74, 6) is -0.604. The monoisotopic (exact) mass is 385 g/mol. The topological polar surface area (TPSA) is 82.6 Å².